The van der Waals surface area contributed by atoms with Crippen LogP contribution in [0.25, 0.3) is 0 Å². The van der Waals surface area contributed by atoms with Gasteiger partial charge >= 0.3 is 0 Å². The summed E-state index contributed by atoms with van der Waals surface area (Å²) >= 11 is 0. The molecule has 0 aromatic rings. The first-order valence-electron chi connectivity index (χ1n) is 19.2. The van der Waals surface area contributed by atoms with Gasteiger partial charge < -0.3 is 15.6 Å². The van der Waals surface area contributed by atoms with Crippen LogP contribution in [0.1, 0.15) is 200 Å². The fraction of sp³-hybridized carbons (Fsp3) is 0.850. The summed E-state index contributed by atoms with van der Waals surface area (Å²) in [5, 5.41) is 11.5. The van der Waals surface area contributed by atoms with Crippen molar-refractivity contribution in [3.05, 3.63) is 36.5 Å². The van der Waals surface area contributed by atoms with E-state index in [9.17, 15) is 5.11 Å². The molecule has 252 valence electrons. The van der Waals surface area contributed by atoms with Gasteiger partial charge in [-0.3, -0.25) is 0 Å². The minimum absolute atomic E-state index is 0.144. The number of hydrogen-bond acceptors (Lipinski definition) is 3. The predicted molar refractivity (Wildman–Crippen MR) is 190 cm³/mol. The van der Waals surface area contributed by atoms with Crippen molar-refractivity contribution in [2.75, 3.05) is 0 Å². The Morgan fingerprint density at radius 2 is 0.953 bits per heavy atom. The largest absolute Gasteiger partial charge is 0.365 e. The SMILES string of the molecule is CCCCC/C=C\C/C=C\CCCCCCCCC(O)(CCCCCCCCC/C=C/CCCCC)OC1CCC(N)C1. The van der Waals surface area contributed by atoms with E-state index in [1.807, 2.05) is 0 Å². The van der Waals surface area contributed by atoms with Crippen LogP contribution in [-0.2, 0) is 4.74 Å². The third-order valence-electron chi connectivity index (χ3n) is 9.16. The number of nitrogens with two attached hydrogens (primary N) is 1. The molecule has 0 aliphatic heterocycles. The van der Waals surface area contributed by atoms with Gasteiger partial charge in [0.15, 0.2) is 5.79 Å². The smallest absolute Gasteiger partial charge is 0.165 e. The first kappa shape index (κ1) is 40.1. The van der Waals surface area contributed by atoms with E-state index in [-0.39, 0.29) is 12.1 Å². The van der Waals surface area contributed by atoms with Gasteiger partial charge in [-0.05, 0) is 89.9 Å². The molecule has 0 amide bonds. The van der Waals surface area contributed by atoms with Crippen molar-refractivity contribution < 1.29 is 9.84 Å². The van der Waals surface area contributed by atoms with Gasteiger partial charge in [-0.1, -0.05) is 134 Å². The third kappa shape index (κ3) is 26.1. The molecule has 0 saturated heterocycles. The Hall–Kier alpha value is -0.900. The highest BCUT2D eigenvalue weighted by Gasteiger charge is 2.33. The molecule has 0 radical (unpaired) electrons. The van der Waals surface area contributed by atoms with Gasteiger partial charge in [-0.15, -0.1) is 0 Å². The fourth-order valence-corrected chi connectivity index (χ4v) is 6.32. The zero-order valence-electron chi connectivity index (χ0n) is 29.1. The lowest BCUT2D eigenvalue weighted by Crippen LogP contribution is -2.36. The van der Waals surface area contributed by atoms with Gasteiger partial charge in [0.25, 0.3) is 0 Å². The van der Waals surface area contributed by atoms with Gasteiger partial charge in [0.2, 0.25) is 0 Å². The maximum Gasteiger partial charge on any atom is 0.165 e. The maximum absolute atomic E-state index is 11.5. The van der Waals surface area contributed by atoms with Crippen LogP contribution in [0.5, 0.6) is 0 Å². The van der Waals surface area contributed by atoms with Crippen molar-refractivity contribution in [3.8, 4) is 0 Å². The molecule has 3 heteroatoms. The van der Waals surface area contributed by atoms with Crippen molar-refractivity contribution >= 4 is 0 Å². The van der Waals surface area contributed by atoms with Crippen LogP contribution in [0.4, 0.5) is 0 Å². The first-order chi connectivity index (χ1) is 21.1. The molecule has 1 aliphatic carbocycles. The highest BCUT2D eigenvalue weighted by Crippen LogP contribution is 2.31. The van der Waals surface area contributed by atoms with Crippen molar-refractivity contribution in [2.45, 2.75) is 218 Å². The standard InChI is InChI=1S/C40H75NO2/c1-3-5-7-9-11-13-15-17-19-20-22-24-26-28-30-32-36-40(42,43-39-34-33-38(41)37-39)35-31-29-27-25-23-21-18-16-14-12-10-8-6-4-2/h11-14,17,19,38-39,42H,3-10,15-16,18,20-37,41H2,1-2H3/b13-11-,14-12+,19-17-. The van der Waals surface area contributed by atoms with Gasteiger partial charge in [0.05, 0.1) is 6.10 Å². The molecular formula is C40H75NO2. The van der Waals surface area contributed by atoms with Gasteiger partial charge in [0, 0.05) is 18.9 Å². The Morgan fingerprint density at radius 1 is 0.558 bits per heavy atom. The molecule has 0 aromatic heterocycles. The van der Waals surface area contributed by atoms with Crippen molar-refractivity contribution in [1.29, 1.82) is 0 Å². The van der Waals surface area contributed by atoms with Crippen LogP contribution in [0.15, 0.2) is 36.5 Å². The minimum Gasteiger partial charge on any atom is -0.365 e. The molecule has 1 saturated carbocycles. The molecule has 0 bridgehead atoms. The average molecular weight is 602 g/mol. The second-order valence-corrected chi connectivity index (χ2v) is 13.6. The monoisotopic (exact) mass is 602 g/mol. The van der Waals surface area contributed by atoms with Gasteiger partial charge in [-0.2, -0.15) is 0 Å². The number of ether oxygens (including phenoxy) is 1. The van der Waals surface area contributed by atoms with Gasteiger partial charge in [0.1, 0.15) is 0 Å². The second kappa shape index (κ2) is 29.8. The Labute approximate surface area is 269 Å². The van der Waals surface area contributed by atoms with E-state index in [2.05, 4.69) is 50.3 Å². The van der Waals surface area contributed by atoms with E-state index >= 15 is 0 Å². The van der Waals surface area contributed by atoms with E-state index in [0.29, 0.717) is 0 Å². The topological polar surface area (TPSA) is 55.5 Å². The third-order valence-corrected chi connectivity index (χ3v) is 9.16. The zero-order valence-corrected chi connectivity index (χ0v) is 29.1. The molecule has 3 nitrogen and oxygen atoms in total. The molecule has 0 aromatic carbocycles. The van der Waals surface area contributed by atoms with E-state index in [1.165, 1.54) is 135 Å². The summed E-state index contributed by atoms with van der Waals surface area (Å²) in [6.45, 7) is 4.53. The van der Waals surface area contributed by atoms with Crippen molar-refractivity contribution in [1.82, 2.24) is 0 Å². The normalized spacial score (nSPS) is 19.0. The van der Waals surface area contributed by atoms with E-state index in [0.717, 1.165) is 51.4 Å². The van der Waals surface area contributed by atoms with Crippen LogP contribution in [0, 0.1) is 0 Å². The molecular weight excluding hydrogens is 526 g/mol. The summed E-state index contributed by atoms with van der Waals surface area (Å²) in [5.41, 5.74) is 6.14. The van der Waals surface area contributed by atoms with E-state index in [4.69, 9.17) is 10.5 Å². The molecule has 0 spiro atoms. The van der Waals surface area contributed by atoms with Gasteiger partial charge in [-0.25, -0.2) is 0 Å². The number of hydrogen-bond donors (Lipinski definition) is 2. The van der Waals surface area contributed by atoms with Crippen molar-refractivity contribution in [2.24, 2.45) is 5.73 Å². The lowest BCUT2D eigenvalue weighted by Gasteiger charge is -2.32. The van der Waals surface area contributed by atoms with Crippen LogP contribution < -0.4 is 5.73 Å². The summed E-state index contributed by atoms with van der Waals surface area (Å²) < 4.78 is 6.36. The summed E-state index contributed by atoms with van der Waals surface area (Å²) in [5.74, 6) is -0.951. The Kier molecular flexibility index (Phi) is 27.8. The average Bonchev–Trinajstić information content (AvgIpc) is 3.40. The summed E-state index contributed by atoms with van der Waals surface area (Å²) in [6, 6.07) is 0.243. The zero-order chi connectivity index (χ0) is 31.1. The van der Waals surface area contributed by atoms with Crippen LogP contribution in [-0.4, -0.2) is 23.0 Å². The molecule has 3 N–H and O–H groups in total. The number of unbranched alkanes of at least 4 members (excludes halogenated alkanes) is 19. The first-order valence-corrected chi connectivity index (χ1v) is 19.2. The summed E-state index contributed by atoms with van der Waals surface area (Å²) in [4.78, 5) is 0. The summed E-state index contributed by atoms with van der Waals surface area (Å²) in [7, 11) is 0. The molecule has 3 atom stereocenters. The Morgan fingerprint density at radius 3 is 1.37 bits per heavy atom. The molecule has 3 unspecified atom stereocenters. The van der Waals surface area contributed by atoms with Crippen LogP contribution in [0.3, 0.4) is 0 Å². The van der Waals surface area contributed by atoms with E-state index in [1.54, 1.807) is 0 Å². The highest BCUT2D eigenvalue weighted by molar-refractivity contribution is 4.92. The fourth-order valence-electron chi connectivity index (χ4n) is 6.32. The maximum atomic E-state index is 11.5. The number of allylic oxidation sites excluding steroid dienone is 6. The number of aliphatic hydroxyl groups is 1. The van der Waals surface area contributed by atoms with Crippen LogP contribution in [0.2, 0.25) is 0 Å². The minimum atomic E-state index is -0.951. The Bertz CT molecular complexity index is 671. The van der Waals surface area contributed by atoms with Crippen LogP contribution >= 0.6 is 0 Å². The molecule has 1 rings (SSSR count). The lowest BCUT2D eigenvalue weighted by atomic mass is 9.98. The molecule has 43 heavy (non-hydrogen) atoms. The lowest BCUT2D eigenvalue weighted by molar-refractivity contribution is -0.237. The van der Waals surface area contributed by atoms with E-state index < -0.39 is 5.79 Å². The molecule has 1 aliphatic rings. The quantitative estimate of drug-likeness (QED) is 0.0472. The highest BCUT2D eigenvalue weighted by atomic mass is 16.6. The van der Waals surface area contributed by atoms with Crippen molar-refractivity contribution in [3.63, 3.8) is 0 Å². The molecule has 0 heterocycles. The summed E-state index contributed by atoms with van der Waals surface area (Å²) in [6.07, 6.45) is 49.1. The Balaban J connectivity index is 2.12. The second-order valence-electron chi connectivity index (χ2n) is 13.6. The number of rotatable bonds is 31. The predicted octanol–water partition coefficient (Wildman–Crippen LogP) is 12.4. The molecule has 1 fully saturated rings.